The van der Waals surface area contributed by atoms with E-state index in [0.29, 0.717) is 10.9 Å². The van der Waals surface area contributed by atoms with Gasteiger partial charge in [0, 0.05) is 10.9 Å². The molecule has 0 unspecified atom stereocenters. The number of anilines is 1. The third-order valence-electron chi connectivity index (χ3n) is 4.30. The van der Waals surface area contributed by atoms with Gasteiger partial charge in [-0.3, -0.25) is 10.1 Å². The number of carbonyl (C=O) groups excluding carboxylic acids is 1. The van der Waals surface area contributed by atoms with Gasteiger partial charge in [-0.05, 0) is 67.8 Å². The number of benzene rings is 2. The van der Waals surface area contributed by atoms with E-state index in [-0.39, 0.29) is 12.5 Å². The summed E-state index contributed by atoms with van der Waals surface area (Å²) >= 11 is 1.40. The predicted octanol–water partition coefficient (Wildman–Crippen LogP) is 4.76. The Morgan fingerprint density at radius 3 is 2.41 bits per heavy atom. The smallest absolute Gasteiger partial charge is 0.264 e. The molecule has 5 nitrogen and oxygen atoms in total. The molecule has 1 amide bonds. The minimum atomic E-state index is -0.247. The lowest BCUT2D eigenvalue weighted by molar-refractivity contribution is -0.118. The monoisotopic (exact) mass is 382 g/mol. The lowest BCUT2D eigenvalue weighted by Crippen LogP contribution is -2.20. The number of hydrogen-bond acceptors (Lipinski definition) is 5. The van der Waals surface area contributed by atoms with Crippen molar-refractivity contribution in [2.24, 2.45) is 0 Å². The van der Waals surface area contributed by atoms with E-state index in [4.69, 9.17) is 9.47 Å². The van der Waals surface area contributed by atoms with Crippen LogP contribution in [0, 0.1) is 20.8 Å². The topological polar surface area (TPSA) is 60.5 Å². The summed E-state index contributed by atoms with van der Waals surface area (Å²) in [6.07, 6.45) is 0. The standard InChI is InChI=1S/C21H22N2O3S/c1-13-9-15(3)18(10-14(13)2)19-12-27-21(22-19)23-20(24)11-26-17-7-5-16(25-4)6-8-17/h5-10,12H,11H2,1-4H3,(H,22,23,24). The third-order valence-corrected chi connectivity index (χ3v) is 5.05. The van der Waals surface area contributed by atoms with Crippen LogP contribution in [0.5, 0.6) is 11.5 Å². The molecule has 0 saturated heterocycles. The van der Waals surface area contributed by atoms with E-state index in [0.717, 1.165) is 17.0 Å². The number of aryl methyl sites for hydroxylation is 3. The summed E-state index contributed by atoms with van der Waals surface area (Å²) in [5, 5.41) is 5.31. The Kier molecular flexibility index (Phi) is 5.76. The van der Waals surface area contributed by atoms with Gasteiger partial charge in [0.15, 0.2) is 11.7 Å². The number of hydrogen-bond donors (Lipinski definition) is 1. The predicted molar refractivity (Wildman–Crippen MR) is 109 cm³/mol. The first-order valence-corrected chi connectivity index (χ1v) is 9.44. The molecule has 1 heterocycles. The van der Waals surface area contributed by atoms with E-state index in [1.807, 2.05) is 5.38 Å². The zero-order valence-electron chi connectivity index (χ0n) is 15.8. The van der Waals surface area contributed by atoms with Crippen molar-refractivity contribution in [1.29, 1.82) is 0 Å². The molecule has 3 aromatic rings. The maximum absolute atomic E-state index is 12.1. The highest BCUT2D eigenvalue weighted by molar-refractivity contribution is 7.14. The first kappa shape index (κ1) is 18.9. The number of methoxy groups -OCH3 is 1. The number of nitrogens with one attached hydrogen (secondary N) is 1. The number of aromatic nitrogens is 1. The van der Waals surface area contributed by atoms with E-state index in [1.54, 1.807) is 31.4 Å². The molecule has 0 aliphatic carbocycles. The second-order valence-corrected chi connectivity index (χ2v) is 7.16. The van der Waals surface area contributed by atoms with Crippen LogP contribution < -0.4 is 14.8 Å². The van der Waals surface area contributed by atoms with Gasteiger partial charge in [-0.25, -0.2) is 4.98 Å². The largest absolute Gasteiger partial charge is 0.497 e. The van der Waals surface area contributed by atoms with Gasteiger partial charge in [0.25, 0.3) is 5.91 Å². The molecule has 0 atom stereocenters. The number of thiazole rings is 1. The SMILES string of the molecule is COc1ccc(OCC(=O)Nc2nc(-c3cc(C)c(C)cc3C)cs2)cc1. The summed E-state index contributed by atoms with van der Waals surface area (Å²) in [5.41, 5.74) is 5.61. The molecule has 1 N–H and O–H groups in total. The molecule has 140 valence electrons. The van der Waals surface area contributed by atoms with E-state index in [9.17, 15) is 4.79 Å². The van der Waals surface area contributed by atoms with Crippen molar-refractivity contribution in [1.82, 2.24) is 4.98 Å². The lowest BCUT2D eigenvalue weighted by Gasteiger charge is -2.08. The van der Waals surface area contributed by atoms with Crippen LogP contribution in [0.15, 0.2) is 41.8 Å². The fraction of sp³-hybridized carbons (Fsp3) is 0.238. The Bertz CT molecular complexity index is 949. The molecular formula is C21H22N2O3S. The van der Waals surface area contributed by atoms with E-state index in [1.165, 1.54) is 28.0 Å². The van der Waals surface area contributed by atoms with Gasteiger partial charge in [0.2, 0.25) is 0 Å². The molecule has 0 spiro atoms. The van der Waals surface area contributed by atoms with E-state index in [2.05, 4.69) is 43.2 Å². The fourth-order valence-corrected chi connectivity index (χ4v) is 3.39. The van der Waals surface area contributed by atoms with Crippen molar-refractivity contribution in [2.45, 2.75) is 20.8 Å². The Labute approximate surface area is 163 Å². The van der Waals surface area contributed by atoms with Crippen LogP contribution in [-0.2, 0) is 4.79 Å². The highest BCUT2D eigenvalue weighted by atomic mass is 32.1. The number of carbonyl (C=O) groups is 1. The molecule has 0 bridgehead atoms. The molecular weight excluding hydrogens is 360 g/mol. The van der Waals surface area contributed by atoms with Gasteiger partial charge in [-0.15, -0.1) is 11.3 Å². The Hall–Kier alpha value is -2.86. The first-order chi connectivity index (χ1) is 13.0. The average Bonchev–Trinajstić information content (AvgIpc) is 3.11. The molecule has 0 fully saturated rings. The van der Waals surface area contributed by atoms with Crippen LogP contribution in [-0.4, -0.2) is 24.6 Å². The minimum absolute atomic E-state index is 0.0795. The van der Waals surface area contributed by atoms with Gasteiger partial charge in [0.1, 0.15) is 11.5 Å². The van der Waals surface area contributed by atoms with Gasteiger partial charge < -0.3 is 9.47 Å². The second-order valence-electron chi connectivity index (χ2n) is 6.30. The summed E-state index contributed by atoms with van der Waals surface area (Å²) in [7, 11) is 1.60. The first-order valence-electron chi connectivity index (χ1n) is 8.56. The summed E-state index contributed by atoms with van der Waals surface area (Å²) < 4.78 is 10.6. The Morgan fingerprint density at radius 1 is 1.04 bits per heavy atom. The van der Waals surface area contributed by atoms with Crippen LogP contribution in [0.1, 0.15) is 16.7 Å². The van der Waals surface area contributed by atoms with Gasteiger partial charge in [0.05, 0.1) is 12.8 Å². The van der Waals surface area contributed by atoms with Crippen molar-refractivity contribution < 1.29 is 14.3 Å². The van der Waals surface area contributed by atoms with Gasteiger partial charge in [-0.1, -0.05) is 6.07 Å². The lowest BCUT2D eigenvalue weighted by atomic mass is 9.99. The molecule has 0 saturated carbocycles. The minimum Gasteiger partial charge on any atom is -0.497 e. The van der Waals surface area contributed by atoms with Crippen molar-refractivity contribution in [3.05, 3.63) is 58.5 Å². The Balaban J connectivity index is 1.61. The van der Waals surface area contributed by atoms with Crippen LogP contribution in [0.3, 0.4) is 0 Å². The van der Waals surface area contributed by atoms with Crippen LogP contribution in [0.25, 0.3) is 11.3 Å². The molecule has 0 radical (unpaired) electrons. The molecule has 0 aliphatic heterocycles. The highest BCUT2D eigenvalue weighted by Gasteiger charge is 2.11. The highest BCUT2D eigenvalue weighted by Crippen LogP contribution is 2.29. The molecule has 6 heteroatoms. The average molecular weight is 382 g/mol. The molecule has 27 heavy (non-hydrogen) atoms. The van der Waals surface area contributed by atoms with Crippen LogP contribution >= 0.6 is 11.3 Å². The zero-order valence-corrected chi connectivity index (χ0v) is 16.6. The third kappa shape index (κ3) is 4.65. The van der Waals surface area contributed by atoms with Gasteiger partial charge >= 0.3 is 0 Å². The number of rotatable bonds is 6. The number of ether oxygens (including phenoxy) is 2. The summed E-state index contributed by atoms with van der Waals surface area (Å²) in [5.74, 6) is 1.10. The summed E-state index contributed by atoms with van der Waals surface area (Å²) in [6.45, 7) is 6.18. The van der Waals surface area contributed by atoms with Crippen LogP contribution in [0.2, 0.25) is 0 Å². The normalized spacial score (nSPS) is 10.5. The maximum Gasteiger partial charge on any atom is 0.264 e. The number of amides is 1. The quantitative estimate of drug-likeness (QED) is 0.668. The molecule has 2 aromatic carbocycles. The van der Waals surface area contributed by atoms with Crippen molar-refractivity contribution >= 4 is 22.4 Å². The van der Waals surface area contributed by atoms with Crippen molar-refractivity contribution in [3.63, 3.8) is 0 Å². The maximum atomic E-state index is 12.1. The van der Waals surface area contributed by atoms with Gasteiger partial charge in [-0.2, -0.15) is 0 Å². The molecule has 0 aliphatic rings. The molecule has 3 rings (SSSR count). The van der Waals surface area contributed by atoms with Crippen molar-refractivity contribution in [3.8, 4) is 22.8 Å². The summed E-state index contributed by atoms with van der Waals surface area (Å²) in [6, 6.07) is 11.4. The Morgan fingerprint density at radius 2 is 1.70 bits per heavy atom. The zero-order chi connectivity index (χ0) is 19.4. The fourth-order valence-electron chi connectivity index (χ4n) is 2.67. The van der Waals surface area contributed by atoms with Crippen molar-refractivity contribution in [2.75, 3.05) is 19.0 Å². The van der Waals surface area contributed by atoms with E-state index >= 15 is 0 Å². The summed E-state index contributed by atoms with van der Waals surface area (Å²) in [4.78, 5) is 16.7. The van der Waals surface area contributed by atoms with E-state index < -0.39 is 0 Å². The molecule has 1 aromatic heterocycles. The van der Waals surface area contributed by atoms with Crippen LogP contribution in [0.4, 0.5) is 5.13 Å². The second kappa shape index (κ2) is 8.22. The number of nitrogens with zero attached hydrogens (tertiary/aromatic N) is 1.